The summed E-state index contributed by atoms with van der Waals surface area (Å²) in [4.78, 5) is -0.505. The van der Waals surface area contributed by atoms with E-state index in [0.717, 1.165) is 22.5 Å². The number of rotatable bonds is 3. The molecule has 0 radical (unpaired) electrons. The second kappa shape index (κ2) is 7.72. The molecule has 162 valence electrons. The molecule has 1 aliphatic heterocycles. The highest BCUT2D eigenvalue weighted by molar-refractivity contribution is 7.92. The SMILES string of the molecule is O=S(=O)(c1cccc(C(F)(F)F)c1)N1CCOc2ccc(-c3cccc(Cl)c3F)cc21. The van der Waals surface area contributed by atoms with Crippen LogP contribution >= 0.6 is 11.6 Å². The second-order valence-electron chi connectivity index (χ2n) is 6.74. The third-order valence-corrected chi connectivity index (χ3v) is 6.89. The normalized spacial score (nSPS) is 14.2. The molecule has 0 aromatic heterocycles. The predicted octanol–water partition coefficient (Wildman–Crippen LogP) is 5.75. The van der Waals surface area contributed by atoms with Crippen LogP contribution in [0.2, 0.25) is 5.02 Å². The summed E-state index contributed by atoms with van der Waals surface area (Å²) in [6.45, 7) is -0.108. The smallest absolute Gasteiger partial charge is 0.416 e. The van der Waals surface area contributed by atoms with Crippen molar-refractivity contribution < 1.29 is 30.7 Å². The van der Waals surface area contributed by atoms with Gasteiger partial charge in [0.1, 0.15) is 18.2 Å². The lowest BCUT2D eigenvalue weighted by Crippen LogP contribution is -2.38. The minimum absolute atomic E-state index is 0.00998. The average Bonchev–Trinajstić information content (AvgIpc) is 2.74. The third-order valence-electron chi connectivity index (χ3n) is 4.79. The molecule has 3 aromatic carbocycles. The van der Waals surface area contributed by atoms with Crippen LogP contribution in [0.1, 0.15) is 5.56 Å². The molecule has 0 fully saturated rings. The van der Waals surface area contributed by atoms with Crippen LogP contribution in [0.5, 0.6) is 5.75 Å². The molecule has 0 aliphatic carbocycles. The van der Waals surface area contributed by atoms with E-state index in [-0.39, 0.29) is 35.2 Å². The molecule has 1 aliphatic rings. The molecule has 1 heterocycles. The Balaban J connectivity index is 1.82. The maximum absolute atomic E-state index is 14.5. The summed E-state index contributed by atoms with van der Waals surface area (Å²) in [5, 5.41) is -0.0973. The number of alkyl halides is 3. The van der Waals surface area contributed by atoms with Gasteiger partial charge in [0, 0.05) is 5.56 Å². The topological polar surface area (TPSA) is 46.6 Å². The van der Waals surface area contributed by atoms with E-state index < -0.39 is 32.5 Å². The standard InChI is InChI=1S/C21H14ClF4NO3S/c22-17-6-2-5-16(20(17)23)13-7-8-19-18(11-13)27(9-10-30-19)31(28,29)15-4-1-3-14(12-15)21(24,25)26/h1-8,11-12H,9-10H2. The molecule has 0 N–H and O–H groups in total. The Morgan fingerprint density at radius 1 is 1.00 bits per heavy atom. The molecular weight excluding hydrogens is 458 g/mol. The summed E-state index contributed by atoms with van der Waals surface area (Å²) in [6, 6.07) is 12.4. The van der Waals surface area contributed by atoms with E-state index in [2.05, 4.69) is 0 Å². The number of benzene rings is 3. The summed E-state index contributed by atoms with van der Waals surface area (Å²) in [5.41, 5.74) is -0.483. The van der Waals surface area contributed by atoms with Crippen molar-refractivity contribution >= 4 is 27.3 Å². The number of hydrogen-bond acceptors (Lipinski definition) is 3. The number of hydrogen-bond donors (Lipinski definition) is 0. The Morgan fingerprint density at radius 3 is 2.48 bits per heavy atom. The van der Waals surface area contributed by atoms with E-state index in [0.29, 0.717) is 11.6 Å². The van der Waals surface area contributed by atoms with E-state index in [4.69, 9.17) is 16.3 Å². The molecule has 0 unspecified atom stereocenters. The van der Waals surface area contributed by atoms with Crippen molar-refractivity contribution in [3.8, 4) is 16.9 Å². The Bertz CT molecular complexity index is 1260. The molecule has 0 amide bonds. The highest BCUT2D eigenvalue weighted by atomic mass is 35.5. The van der Waals surface area contributed by atoms with Gasteiger partial charge in [-0.1, -0.05) is 35.9 Å². The molecule has 10 heteroatoms. The summed E-state index contributed by atoms with van der Waals surface area (Å²) in [5.74, 6) is -0.457. The van der Waals surface area contributed by atoms with Crippen LogP contribution < -0.4 is 9.04 Å². The van der Waals surface area contributed by atoms with Crippen LogP contribution in [-0.2, 0) is 16.2 Å². The van der Waals surface area contributed by atoms with Gasteiger partial charge in [0.05, 0.1) is 27.7 Å². The van der Waals surface area contributed by atoms with Gasteiger partial charge in [-0.2, -0.15) is 13.2 Å². The van der Waals surface area contributed by atoms with Gasteiger partial charge in [-0.05, 0) is 42.0 Å². The Kier molecular flexibility index (Phi) is 5.35. The fourth-order valence-corrected chi connectivity index (χ4v) is 4.97. The van der Waals surface area contributed by atoms with Crippen molar-refractivity contribution in [3.63, 3.8) is 0 Å². The lowest BCUT2D eigenvalue weighted by Gasteiger charge is -2.31. The van der Waals surface area contributed by atoms with Crippen molar-refractivity contribution in [2.75, 3.05) is 17.5 Å². The minimum Gasteiger partial charge on any atom is -0.489 e. The van der Waals surface area contributed by atoms with Crippen molar-refractivity contribution in [2.45, 2.75) is 11.1 Å². The Hall–Kier alpha value is -2.78. The molecule has 0 bridgehead atoms. The van der Waals surface area contributed by atoms with Gasteiger partial charge in [0.25, 0.3) is 10.0 Å². The lowest BCUT2D eigenvalue weighted by atomic mass is 10.0. The largest absolute Gasteiger partial charge is 0.489 e. The van der Waals surface area contributed by atoms with Gasteiger partial charge in [0.15, 0.2) is 0 Å². The predicted molar refractivity (Wildman–Crippen MR) is 108 cm³/mol. The van der Waals surface area contributed by atoms with Crippen molar-refractivity contribution in [2.24, 2.45) is 0 Å². The number of fused-ring (bicyclic) bond motifs is 1. The van der Waals surface area contributed by atoms with Crippen molar-refractivity contribution in [1.82, 2.24) is 0 Å². The summed E-state index contributed by atoms with van der Waals surface area (Å²) < 4.78 is 86.6. The van der Waals surface area contributed by atoms with Gasteiger partial charge in [-0.3, -0.25) is 4.31 Å². The maximum Gasteiger partial charge on any atom is 0.416 e. The van der Waals surface area contributed by atoms with Gasteiger partial charge < -0.3 is 4.74 Å². The molecule has 31 heavy (non-hydrogen) atoms. The molecule has 0 saturated heterocycles. The molecule has 4 nitrogen and oxygen atoms in total. The molecule has 4 rings (SSSR count). The molecule has 0 atom stereocenters. The monoisotopic (exact) mass is 471 g/mol. The van der Waals surface area contributed by atoms with Crippen molar-refractivity contribution in [3.05, 3.63) is 77.1 Å². The number of sulfonamides is 1. The van der Waals surface area contributed by atoms with Crippen LogP contribution in [0, 0.1) is 5.82 Å². The molecular formula is C21H14ClF4NO3S. The number of ether oxygens (including phenoxy) is 1. The van der Waals surface area contributed by atoms with Crippen molar-refractivity contribution in [1.29, 1.82) is 0 Å². The highest BCUT2D eigenvalue weighted by Gasteiger charge is 2.35. The van der Waals surface area contributed by atoms with E-state index in [1.54, 1.807) is 12.1 Å². The Morgan fingerprint density at radius 2 is 1.74 bits per heavy atom. The number of nitrogens with zero attached hydrogens (tertiary/aromatic N) is 1. The zero-order chi connectivity index (χ0) is 22.4. The van der Waals surface area contributed by atoms with E-state index in [1.165, 1.54) is 24.3 Å². The first kappa shape index (κ1) is 21.5. The van der Waals surface area contributed by atoms with Crippen LogP contribution in [0.15, 0.2) is 65.6 Å². The first-order valence-electron chi connectivity index (χ1n) is 9.00. The van der Waals surface area contributed by atoms with Crippen LogP contribution in [0.4, 0.5) is 23.2 Å². The number of anilines is 1. The third kappa shape index (κ3) is 3.95. The number of halogens is 5. The summed E-state index contributed by atoms with van der Waals surface area (Å²) in [7, 11) is -4.34. The molecule has 3 aromatic rings. The molecule has 0 spiro atoms. The zero-order valence-electron chi connectivity index (χ0n) is 15.7. The second-order valence-corrected chi connectivity index (χ2v) is 9.00. The van der Waals surface area contributed by atoms with Crippen LogP contribution in [-0.4, -0.2) is 21.6 Å². The first-order valence-corrected chi connectivity index (χ1v) is 10.8. The maximum atomic E-state index is 14.5. The highest BCUT2D eigenvalue weighted by Crippen LogP contribution is 2.40. The van der Waals surface area contributed by atoms with Gasteiger partial charge in [-0.15, -0.1) is 0 Å². The van der Waals surface area contributed by atoms with Gasteiger partial charge in [-0.25, -0.2) is 12.8 Å². The fraction of sp³-hybridized carbons (Fsp3) is 0.143. The van der Waals surface area contributed by atoms with Crippen LogP contribution in [0.25, 0.3) is 11.1 Å². The lowest BCUT2D eigenvalue weighted by molar-refractivity contribution is -0.137. The quantitative estimate of drug-likeness (QED) is 0.457. The van der Waals surface area contributed by atoms with E-state index in [9.17, 15) is 26.0 Å². The Labute approximate surface area is 180 Å². The summed E-state index contributed by atoms with van der Waals surface area (Å²) in [6.07, 6.45) is -4.69. The first-order chi connectivity index (χ1) is 14.6. The van der Waals surface area contributed by atoms with E-state index >= 15 is 0 Å². The van der Waals surface area contributed by atoms with Gasteiger partial charge >= 0.3 is 6.18 Å². The van der Waals surface area contributed by atoms with Gasteiger partial charge in [0.2, 0.25) is 0 Å². The zero-order valence-corrected chi connectivity index (χ0v) is 17.2. The van der Waals surface area contributed by atoms with Crippen LogP contribution in [0.3, 0.4) is 0 Å². The summed E-state index contributed by atoms with van der Waals surface area (Å²) >= 11 is 5.84. The fourth-order valence-electron chi connectivity index (χ4n) is 3.30. The minimum atomic E-state index is -4.69. The average molecular weight is 472 g/mol. The van der Waals surface area contributed by atoms with E-state index in [1.807, 2.05) is 0 Å². The molecule has 0 saturated carbocycles.